The molecule has 82 valence electrons. The van der Waals surface area contributed by atoms with Crippen molar-refractivity contribution in [3.63, 3.8) is 0 Å². The second kappa shape index (κ2) is 4.65. The maximum Gasteiger partial charge on any atom is 0.329 e. The van der Waals surface area contributed by atoms with E-state index in [1.807, 2.05) is 12.1 Å². The van der Waals surface area contributed by atoms with E-state index in [9.17, 15) is 4.79 Å². The van der Waals surface area contributed by atoms with Gasteiger partial charge in [0, 0.05) is 0 Å². The van der Waals surface area contributed by atoms with E-state index >= 15 is 0 Å². The molecule has 0 saturated heterocycles. The van der Waals surface area contributed by atoms with Gasteiger partial charge in [0.25, 0.3) is 0 Å². The minimum atomic E-state index is -0.654. The molecule has 5 nitrogen and oxygen atoms in total. The first-order valence-electron chi connectivity index (χ1n) is 4.53. The quantitative estimate of drug-likeness (QED) is 0.443. The molecule has 0 bridgehead atoms. The van der Waals surface area contributed by atoms with Crippen LogP contribution in [-0.4, -0.2) is 18.1 Å². The van der Waals surface area contributed by atoms with Crippen LogP contribution in [0.5, 0.6) is 5.75 Å². The number of urea groups is 1. The molecule has 0 aromatic heterocycles. The largest absolute Gasteiger partial charge is 0.497 e. The van der Waals surface area contributed by atoms with Crippen molar-refractivity contribution in [1.29, 1.82) is 0 Å². The van der Waals surface area contributed by atoms with Crippen molar-refractivity contribution < 1.29 is 9.53 Å². The van der Waals surface area contributed by atoms with Crippen LogP contribution < -0.4 is 16.3 Å². The summed E-state index contributed by atoms with van der Waals surface area (Å²) in [6, 6.07) is 6.38. The SMILES string of the molecule is COc1ccc([C@@H](C)N(N)C(N)=O)cc1. The molecule has 15 heavy (non-hydrogen) atoms. The van der Waals surface area contributed by atoms with Crippen LogP contribution in [0.4, 0.5) is 4.79 Å². The van der Waals surface area contributed by atoms with Gasteiger partial charge < -0.3 is 10.5 Å². The van der Waals surface area contributed by atoms with Crippen LogP contribution >= 0.6 is 0 Å². The van der Waals surface area contributed by atoms with Crippen molar-refractivity contribution in [3.8, 4) is 5.75 Å². The minimum Gasteiger partial charge on any atom is -0.497 e. The van der Waals surface area contributed by atoms with Crippen molar-refractivity contribution in [2.45, 2.75) is 13.0 Å². The fraction of sp³-hybridized carbons (Fsp3) is 0.300. The number of benzene rings is 1. The van der Waals surface area contributed by atoms with Crippen molar-refractivity contribution >= 4 is 6.03 Å². The summed E-state index contributed by atoms with van der Waals surface area (Å²) in [4.78, 5) is 10.8. The van der Waals surface area contributed by atoms with Gasteiger partial charge >= 0.3 is 6.03 Å². The second-order valence-corrected chi connectivity index (χ2v) is 3.19. The van der Waals surface area contributed by atoms with Crippen LogP contribution in [0.2, 0.25) is 0 Å². The first-order chi connectivity index (χ1) is 7.06. The fourth-order valence-electron chi connectivity index (χ4n) is 1.23. The van der Waals surface area contributed by atoms with Gasteiger partial charge in [-0.1, -0.05) is 12.1 Å². The molecule has 0 aliphatic rings. The monoisotopic (exact) mass is 209 g/mol. The Bertz CT molecular complexity index is 337. The number of hydrogen-bond donors (Lipinski definition) is 2. The average molecular weight is 209 g/mol. The highest BCUT2D eigenvalue weighted by Crippen LogP contribution is 2.20. The number of primary amides is 1. The molecule has 4 N–H and O–H groups in total. The Morgan fingerprint density at radius 2 is 1.93 bits per heavy atom. The van der Waals surface area contributed by atoms with Gasteiger partial charge in [0.1, 0.15) is 5.75 Å². The van der Waals surface area contributed by atoms with Gasteiger partial charge in [-0.3, -0.25) is 5.01 Å². The molecule has 0 aliphatic heterocycles. The summed E-state index contributed by atoms with van der Waals surface area (Å²) in [5.74, 6) is 6.25. The summed E-state index contributed by atoms with van der Waals surface area (Å²) in [6.07, 6.45) is 0. The summed E-state index contributed by atoms with van der Waals surface area (Å²) >= 11 is 0. The van der Waals surface area contributed by atoms with Gasteiger partial charge in [-0.2, -0.15) is 0 Å². The normalized spacial score (nSPS) is 11.9. The highest BCUT2D eigenvalue weighted by molar-refractivity contribution is 5.71. The smallest absolute Gasteiger partial charge is 0.329 e. The predicted molar refractivity (Wildman–Crippen MR) is 57.0 cm³/mol. The molecule has 0 heterocycles. The number of nitrogens with two attached hydrogens (primary N) is 2. The number of ether oxygens (including phenoxy) is 1. The van der Waals surface area contributed by atoms with Crippen molar-refractivity contribution in [2.24, 2.45) is 11.6 Å². The molecule has 5 heteroatoms. The van der Waals surface area contributed by atoms with Gasteiger partial charge in [-0.15, -0.1) is 0 Å². The van der Waals surface area contributed by atoms with E-state index in [1.165, 1.54) is 0 Å². The first kappa shape index (κ1) is 11.3. The van der Waals surface area contributed by atoms with Crippen LogP contribution in [0, 0.1) is 0 Å². The second-order valence-electron chi connectivity index (χ2n) is 3.19. The Morgan fingerprint density at radius 1 is 1.40 bits per heavy atom. The summed E-state index contributed by atoms with van der Waals surface area (Å²) < 4.78 is 5.02. The Labute approximate surface area is 88.6 Å². The number of carbonyl (C=O) groups is 1. The summed E-state index contributed by atoms with van der Waals surface area (Å²) in [7, 11) is 1.59. The topological polar surface area (TPSA) is 81.6 Å². The Kier molecular flexibility index (Phi) is 3.51. The van der Waals surface area contributed by atoms with Crippen LogP contribution in [0.3, 0.4) is 0 Å². The molecule has 0 saturated carbocycles. The molecular formula is C10H15N3O2. The zero-order chi connectivity index (χ0) is 11.4. The third kappa shape index (κ3) is 2.60. The molecule has 2 amide bonds. The number of nitrogens with zero attached hydrogens (tertiary/aromatic N) is 1. The van der Waals surface area contributed by atoms with Crippen LogP contribution in [0.1, 0.15) is 18.5 Å². The van der Waals surface area contributed by atoms with Crippen molar-refractivity contribution in [2.75, 3.05) is 7.11 Å². The van der Waals surface area contributed by atoms with Crippen LogP contribution in [0.25, 0.3) is 0 Å². The lowest BCUT2D eigenvalue weighted by Crippen LogP contribution is -2.43. The summed E-state index contributed by atoms with van der Waals surface area (Å²) in [5, 5.41) is 0.988. The van der Waals surface area contributed by atoms with Gasteiger partial charge in [0.2, 0.25) is 0 Å². The van der Waals surface area contributed by atoms with E-state index in [0.717, 1.165) is 16.3 Å². The molecule has 1 aromatic carbocycles. The molecule has 0 unspecified atom stereocenters. The number of hydrazine groups is 1. The van der Waals surface area contributed by atoms with Gasteiger partial charge in [0.15, 0.2) is 0 Å². The molecule has 0 radical (unpaired) electrons. The predicted octanol–water partition coefficient (Wildman–Crippen LogP) is 1.01. The third-order valence-corrected chi connectivity index (χ3v) is 2.27. The number of rotatable bonds is 3. The van der Waals surface area contributed by atoms with E-state index in [4.69, 9.17) is 16.3 Å². The summed E-state index contributed by atoms with van der Waals surface area (Å²) in [6.45, 7) is 1.80. The van der Waals surface area contributed by atoms with Crippen molar-refractivity contribution in [3.05, 3.63) is 29.8 Å². The summed E-state index contributed by atoms with van der Waals surface area (Å²) in [5.41, 5.74) is 5.97. The third-order valence-electron chi connectivity index (χ3n) is 2.27. The standard InChI is InChI=1S/C10H15N3O2/c1-7(13(12)10(11)14)8-3-5-9(15-2)6-4-8/h3-7H,12H2,1-2H3,(H2,11,14)/t7-/m1/s1. The van der Waals surface area contributed by atoms with Gasteiger partial charge in [0.05, 0.1) is 13.2 Å². The molecule has 0 fully saturated rings. The van der Waals surface area contributed by atoms with Gasteiger partial charge in [-0.25, -0.2) is 10.6 Å². The maximum atomic E-state index is 10.8. The Hall–Kier alpha value is -1.75. The maximum absolute atomic E-state index is 10.8. The Morgan fingerprint density at radius 3 is 2.33 bits per heavy atom. The van der Waals surface area contributed by atoms with E-state index in [2.05, 4.69) is 0 Å². The van der Waals surface area contributed by atoms with E-state index in [0.29, 0.717) is 0 Å². The van der Waals surface area contributed by atoms with E-state index < -0.39 is 6.03 Å². The van der Waals surface area contributed by atoms with Crippen LogP contribution in [0.15, 0.2) is 24.3 Å². The first-order valence-corrected chi connectivity index (χ1v) is 4.53. The average Bonchev–Trinajstić information content (AvgIpc) is 2.27. The fourth-order valence-corrected chi connectivity index (χ4v) is 1.23. The lowest BCUT2D eigenvalue weighted by atomic mass is 10.1. The Balaban J connectivity index is 2.82. The van der Waals surface area contributed by atoms with E-state index in [1.54, 1.807) is 26.2 Å². The highest BCUT2D eigenvalue weighted by atomic mass is 16.5. The highest BCUT2D eigenvalue weighted by Gasteiger charge is 2.15. The van der Waals surface area contributed by atoms with Gasteiger partial charge in [-0.05, 0) is 24.6 Å². The molecule has 1 atom stereocenters. The number of carbonyl (C=O) groups excluding carboxylic acids is 1. The van der Waals surface area contributed by atoms with Crippen molar-refractivity contribution in [1.82, 2.24) is 5.01 Å². The lowest BCUT2D eigenvalue weighted by Gasteiger charge is -2.22. The number of methoxy groups -OCH3 is 1. The molecule has 1 rings (SSSR count). The van der Waals surface area contributed by atoms with E-state index in [-0.39, 0.29) is 6.04 Å². The molecule has 0 aliphatic carbocycles. The van der Waals surface area contributed by atoms with Crippen LogP contribution in [-0.2, 0) is 0 Å². The minimum absolute atomic E-state index is 0.256. The molecular weight excluding hydrogens is 194 g/mol. The zero-order valence-electron chi connectivity index (χ0n) is 8.81. The molecule has 1 aromatic rings. The lowest BCUT2D eigenvalue weighted by molar-refractivity contribution is 0.190. The molecule has 0 spiro atoms. The zero-order valence-corrected chi connectivity index (χ0v) is 8.81. The number of hydrogen-bond acceptors (Lipinski definition) is 3. The number of amides is 2.